The fourth-order valence-corrected chi connectivity index (χ4v) is 4.64. The van der Waals surface area contributed by atoms with Crippen LogP contribution in [0.3, 0.4) is 0 Å². The van der Waals surface area contributed by atoms with Gasteiger partial charge in [-0.05, 0) is 33.8 Å². The predicted molar refractivity (Wildman–Crippen MR) is 99.7 cm³/mol. The molecule has 146 valence electrons. The van der Waals surface area contributed by atoms with Gasteiger partial charge in [0, 0.05) is 31.0 Å². The van der Waals surface area contributed by atoms with Gasteiger partial charge in [-0.15, -0.1) is 0 Å². The zero-order valence-corrected chi connectivity index (χ0v) is 16.5. The van der Waals surface area contributed by atoms with Crippen molar-refractivity contribution in [3.8, 4) is 0 Å². The molecule has 3 aliphatic heterocycles. The Morgan fingerprint density at radius 3 is 2.85 bits per heavy atom. The highest BCUT2D eigenvalue weighted by molar-refractivity contribution is 5.93. The summed E-state index contributed by atoms with van der Waals surface area (Å²) in [6, 6.07) is 1.87. The molecule has 7 heteroatoms. The molecule has 1 spiro atoms. The summed E-state index contributed by atoms with van der Waals surface area (Å²) in [4.78, 5) is 30.3. The maximum absolute atomic E-state index is 13.4. The molecule has 3 aliphatic rings. The summed E-state index contributed by atoms with van der Waals surface area (Å²) >= 11 is 0. The van der Waals surface area contributed by atoms with Crippen molar-refractivity contribution >= 4 is 11.8 Å². The van der Waals surface area contributed by atoms with Crippen LogP contribution in [0.5, 0.6) is 0 Å². The Kier molecular flexibility index (Phi) is 4.18. The van der Waals surface area contributed by atoms with Crippen molar-refractivity contribution in [1.29, 1.82) is 0 Å². The Bertz CT molecular complexity index is 767. The van der Waals surface area contributed by atoms with E-state index in [2.05, 4.69) is 5.10 Å². The van der Waals surface area contributed by atoms with Gasteiger partial charge in [-0.2, -0.15) is 5.10 Å². The summed E-state index contributed by atoms with van der Waals surface area (Å²) in [5, 5.41) is 4.20. The number of fused-ring (bicyclic) bond motifs is 1. The van der Waals surface area contributed by atoms with Crippen molar-refractivity contribution in [3.63, 3.8) is 0 Å². The molecule has 2 fully saturated rings. The van der Waals surface area contributed by atoms with E-state index < -0.39 is 17.4 Å². The van der Waals surface area contributed by atoms with Crippen LogP contribution in [-0.2, 0) is 20.9 Å². The molecule has 0 radical (unpaired) electrons. The van der Waals surface area contributed by atoms with Crippen molar-refractivity contribution in [2.75, 3.05) is 19.6 Å². The van der Waals surface area contributed by atoms with E-state index in [-0.39, 0.29) is 23.5 Å². The van der Waals surface area contributed by atoms with Gasteiger partial charge >= 0.3 is 0 Å². The van der Waals surface area contributed by atoms with E-state index in [9.17, 15) is 9.59 Å². The second-order valence-electron chi connectivity index (χ2n) is 8.68. The molecule has 2 saturated heterocycles. The number of likely N-dealkylation sites (N-methyl/N-ethyl adjacent to an activating group) is 1. The summed E-state index contributed by atoms with van der Waals surface area (Å²) in [6.07, 6.45) is 7.30. The van der Waals surface area contributed by atoms with E-state index in [4.69, 9.17) is 4.74 Å². The fraction of sp³-hybridized carbons (Fsp3) is 0.650. The first kappa shape index (κ1) is 18.2. The van der Waals surface area contributed by atoms with Crippen LogP contribution in [0.15, 0.2) is 30.6 Å². The molecule has 4 atom stereocenters. The van der Waals surface area contributed by atoms with Gasteiger partial charge in [-0.25, -0.2) is 0 Å². The molecule has 2 unspecified atom stereocenters. The van der Waals surface area contributed by atoms with Crippen LogP contribution in [0.1, 0.15) is 27.7 Å². The standard InChI is InChI=1S/C20H28N4O3/c1-5-22(11-12-23-10-6-9-21-23)17(25)15-14-7-8-20(27-14)13-24(19(2,3)4)18(26)16(15)20/h6-10,14-16H,5,11-13H2,1-4H3/t14-,15?,16?,20-/m1/s1. The second-order valence-corrected chi connectivity index (χ2v) is 8.68. The molecule has 0 N–H and O–H groups in total. The third-order valence-corrected chi connectivity index (χ3v) is 6.05. The largest absolute Gasteiger partial charge is 0.360 e. The number of carbonyl (C=O) groups excluding carboxylic acids is 2. The van der Waals surface area contributed by atoms with Gasteiger partial charge in [0.2, 0.25) is 11.8 Å². The zero-order chi connectivity index (χ0) is 19.4. The van der Waals surface area contributed by atoms with Gasteiger partial charge < -0.3 is 14.5 Å². The molecular formula is C20H28N4O3. The normalized spacial score (nSPS) is 31.6. The van der Waals surface area contributed by atoms with Crippen molar-refractivity contribution in [1.82, 2.24) is 19.6 Å². The molecule has 2 amide bonds. The van der Waals surface area contributed by atoms with Gasteiger partial charge in [-0.3, -0.25) is 14.3 Å². The van der Waals surface area contributed by atoms with Crippen LogP contribution >= 0.6 is 0 Å². The van der Waals surface area contributed by atoms with Crippen LogP contribution in [0, 0.1) is 11.8 Å². The lowest BCUT2D eigenvalue weighted by molar-refractivity contribution is -0.145. The Balaban J connectivity index is 1.55. The van der Waals surface area contributed by atoms with Crippen LogP contribution in [0.4, 0.5) is 0 Å². The number of carbonyl (C=O) groups is 2. The first-order valence-corrected chi connectivity index (χ1v) is 9.72. The quantitative estimate of drug-likeness (QED) is 0.731. The molecule has 27 heavy (non-hydrogen) atoms. The van der Waals surface area contributed by atoms with E-state index in [1.807, 2.05) is 66.6 Å². The lowest BCUT2D eigenvalue weighted by Crippen LogP contribution is -2.48. The maximum Gasteiger partial charge on any atom is 0.230 e. The highest BCUT2D eigenvalue weighted by Crippen LogP contribution is 2.53. The van der Waals surface area contributed by atoms with Gasteiger partial charge in [0.1, 0.15) is 5.60 Å². The number of likely N-dealkylation sites (tertiary alicyclic amines) is 1. The lowest BCUT2D eigenvalue weighted by Gasteiger charge is -2.34. The molecule has 4 rings (SSSR count). The van der Waals surface area contributed by atoms with E-state index in [1.165, 1.54) is 0 Å². The van der Waals surface area contributed by atoms with Crippen LogP contribution < -0.4 is 0 Å². The molecule has 2 bridgehead atoms. The number of hydrogen-bond acceptors (Lipinski definition) is 4. The Morgan fingerprint density at radius 1 is 1.44 bits per heavy atom. The third kappa shape index (κ3) is 2.79. The fourth-order valence-electron chi connectivity index (χ4n) is 4.64. The van der Waals surface area contributed by atoms with Crippen LogP contribution in [-0.4, -0.2) is 68.3 Å². The van der Waals surface area contributed by atoms with E-state index in [0.29, 0.717) is 26.2 Å². The SMILES string of the molecule is CCN(CCn1cccn1)C(=O)C1C2C(=O)N(C(C)(C)C)C[C@]23C=C[C@H]1O3. The zero-order valence-electron chi connectivity index (χ0n) is 16.5. The minimum atomic E-state index is -0.642. The molecule has 0 aliphatic carbocycles. The number of amides is 2. The average Bonchev–Trinajstić information content (AvgIpc) is 3.36. The first-order valence-electron chi connectivity index (χ1n) is 9.72. The Morgan fingerprint density at radius 2 is 2.22 bits per heavy atom. The molecule has 0 aromatic carbocycles. The van der Waals surface area contributed by atoms with Gasteiger partial charge in [-0.1, -0.05) is 12.2 Å². The second kappa shape index (κ2) is 6.19. The number of rotatable bonds is 5. The molecule has 0 saturated carbocycles. The van der Waals surface area contributed by atoms with Crippen LogP contribution in [0.25, 0.3) is 0 Å². The number of hydrogen-bond donors (Lipinski definition) is 0. The van der Waals surface area contributed by atoms with E-state index in [1.54, 1.807) is 6.20 Å². The summed E-state index contributed by atoms with van der Waals surface area (Å²) in [7, 11) is 0. The molecule has 1 aromatic rings. The minimum absolute atomic E-state index is 0.00925. The Labute approximate surface area is 159 Å². The molecule has 7 nitrogen and oxygen atoms in total. The predicted octanol–water partition coefficient (Wildman–Crippen LogP) is 1.31. The van der Waals surface area contributed by atoms with Crippen molar-refractivity contribution in [2.45, 2.75) is 51.5 Å². The van der Waals surface area contributed by atoms with E-state index >= 15 is 0 Å². The number of ether oxygens (including phenoxy) is 1. The molecule has 1 aromatic heterocycles. The van der Waals surface area contributed by atoms with Crippen LogP contribution in [0.2, 0.25) is 0 Å². The average molecular weight is 372 g/mol. The Hall–Kier alpha value is -2.15. The lowest BCUT2D eigenvalue weighted by atomic mass is 9.76. The van der Waals surface area contributed by atoms with Crippen molar-refractivity contribution in [3.05, 3.63) is 30.6 Å². The summed E-state index contributed by atoms with van der Waals surface area (Å²) in [6.45, 7) is 10.4. The smallest absolute Gasteiger partial charge is 0.230 e. The summed E-state index contributed by atoms with van der Waals surface area (Å²) in [5.41, 5.74) is -0.930. The highest BCUT2D eigenvalue weighted by Gasteiger charge is 2.68. The van der Waals surface area contributed by atoms with Gasteiger partial charge in [0.05, 0.1) is 31.0 Å². The third-order valence-electron chi connectivity index (χ3n) is 6.05. The van der Waals surface area contributed by atoms with Gasteiger partial charge in [0.15, 0.2) is 0 Å². The minimum Gasteiger partial charge on any atom is -0.360 e. The number of aromatic nitrogens is 2. The summed E-state index contributed by atoms with van der Waals surface area (Å²) in [5.74, 6) is -0.809. The van der Waals surface area contributed by atoms with Crippen molar-refractivity contribution in [2.24, 2.45) is 11.8 Å². The summed E-state index contributed by atoms with van der Waals surface area (Å²) < 4.78 is 8.04. The van der Waals surface area contributed by atoms with Gasteiger partial charge in [0.25, 0.3) is 0 Å². The molecule has 4 heterocycles. The topological polar surface area (TPSA) is 67.7 Å². The monoisotopic (exact) mass is 372 g/mol. The molecular weight excluding hydrogens is 344 g/mol. The van der Waals surface area contributed by atoms with Crippen molar-refractivity contribution < 1.29 is 14.3 Å². The highest BCUT2D eigenvalue weighted by atomic mass is 16.5. The number of nitrogens with zero attached hydrogens (tertiary/aromatic N) is 4. The van der Waals surface area contributed by atoms with E-state index in [0.717, 1.165) is 0 Å². The maximum atomic E-state index is 13.4. The first-order chi connectivity index (χ1) is 12.8.